The number of piperidine rings is 1. The summed E-state index contributed by atoms with van der Waals surface area (Å²) in [6, 6.07) is 12.2. The summed E-state index contributed by atoms with van der Waals surface area (Å²) in [6.07, 6.45) is 3.61. The van der Waals surface area contributed by atoms with E-state index in [2.05, 4.69) is 42.3 Å². The van der Waals surface area contributed by atoms with Gasteiger partial charge in [-0.1, -0.05) is 32.0 Å². The van der Waals surface area contributed by atoms with E-state index in [9.17, 15) is 5.11 Å². The van der Waals surface area contributed by atoms with Gasteiger partial charge < -0.3 is 10.0 Å². The summed E-state index contributed by atoms with van der Waals surface area (Å²) in [6.45, 7) is 8.21. The molecule has 0 saturated carbocycles. The molecule has 2 nitrogen and oxygen atoms in total. The predicted octanol–water partition coefficient (Wildman–Crippen LogP) is 4.69. The Bertz CT molecular complexity index is 624. The van der Waals surface area contributed by atoms with Crippen molar-refractivity contribution in [3.05, 3.63) is 52.2 Å². The first-order valence-electron chi connectivity index (χ1n) is 8.62. The van der Waals surface area contributed by atoms with Crippen molar-refractivity contribution < 1.29 is 5.11 Å². The number of aryl methyl sites for hydroxylation is 1. The Morgan fingerprint density at radius 2 is 2.17 bits per heavy atom. The molecular weight excluding hydrogens is 302 g/mol. The average Bonchev–Trinajstić information content (AvgIpc) is 3.04. The maximum atomic E-state index is 9.79. The molecule has 0 aliphatic carbocycles. The van der Waals surface area contributed by atoms with E-state index in [0.717, 1.165) is 19.5 Å². The molecule has 1 aliphatic heterocycles. The van der Waals surface area contributed by atoms with Crippen molar-refractivity contribution in [2.24, 2.45) is 5.92 Å². The topological polar surface area (TPSA) is 23.5 Å². The summed E-state index contributed by atoms with van der Waals surface area (Å²) in [7, 11) is 0. The number of likely N-dealkylation sites (tertiary alicyclic amines) is 1. The van der Waals surface area contributed by atoms with Crippen molar-refractivity contribution in [1.29, 1.82) is 0 Å². The summed E-state index contributed by atoms with van der Waals surface area (Å²) in [5, 5.41) is 12.0. The second-order valence-electron chi connectivity index (χ2n) is 7.10. The highest BCUT2D eigenvalue weighted by Crippen LogP contribution is 2.40. The highest BCUT2D eigenvalue weighted by Gasteiger charge is 2.37. The van der Waals surface area contributed by atoms with E-state index >= 15 is 0 Å². The van der Waals surface area contributed by atoms with Gasteiger partial charge in [0.2, 0.25) is 0 Å². The monoisotopic (exact) mass is 329 g/mol. The summed E-state index contributed by atoms with van der Waals surface area (Å²) >= 11 is 1.87. The van der Waals surface area contributed by atoms with Gasteiger partial charge in [-0.2, -0.15) is 0 Å². The molecule has 1 aliphatic rings. The zero-order valence-corrected chi connectivity index (χ0v) is 15.0. The molecule has 0 radical (unpaired) electrons. The number of thiophene rings is 1. The smallest absolute Gasteiger partial charge is 0.115 e. The first-order valence-corrected chi connectivity index (χ1v) is 9.50. The molecule has 2 atom stereocenters. The SMILES string of the molecule is C[C@@H]1CN(CCCc2cccs2)CC[C@]1(C)c1cccc(O)c1. The molecule has 0 spiro atoms. The van der Waals surface area contributed by atoms with Gasteiger partial charge in [0.1, 0.15) is 5.75 Å². The van der Waals surface area contributed by atoms with Crippen LogP contribution >= 0.6 is 11.3 Å². The Morgan fingerprint density at radius 1 is 1.30 bits per heavy atom. The summed E-state index contributed by atoms with van der Waals surface area (Å²) < 4.78 is 0. The van der Waals surface area contributed by atoms with Crippen LogP contribution in [0.2, 0.25) is 0 Å². The molecular formula is C20H27NOS. The Morgan fingerprint density at radius 3 is 2.87 bits per heavy atom. The van der Waals surface area contributed by atoms with Crippen molar-refractivity contribution >= 4 is 11.3 Å². The molecule has 23 heavy (non-hydrogen) atoms. The molecule has 2 aromatic rings. The van der Waals surface area contributed by atoms with Gasteiger partial charge in [0.15, 0.2) is 0 Å². The number of rotatable bonds is 5. The Hall–Kier alpha value is -1.32. The molecule has 1 aromatic carbocycles. The van der Waals surface area contributed by atoms with Crippen LogP contribution in [0.3, 0.4) is 0 Å². The average molecular weight is 330 g/mol. The van der Waals surface area contributed by atoms with Crippen LogP contribution in [0.15, 0.2) is 41.8 Å². The largest absolute Gasteiger partial charge is 0.508 e. The standard InChI is InChI=1S/C20H27NOS/c1-16-15-21(11-4-8-19-9-5-13-23-19)12-10-20(16,2)17-6-3-7-18(22)14-17/h3,5-7,9,13-14,16,22H,4,8,10-12,15H2,1-2H3/t16-,20+/m1/s1. The van der Waals surface area contributed by atoms with Gasteiger partial charge in [-0.25, -0.2) is 0 Å². The maximum absolute atomic E-state index is 9.79. The summed E-state index contributed by atoms with van der Waals surface area (Å²) in [4.78, 5) is 4.11. The molecule has 1 fully saturated rings. The van der Waals surface area contributed by atoms with E-state index in [1.54, 1.807) is 6.07 Å². The van der Waals surface area contributed by atoms with Crippen molar-refractivity contribution in [2.45, 2.75) is 38.5 Å². The van der Waals surface area contributed by atoms with Gasteiger partial charge in [0.05, 0.1) is 0 Å². The van der Waals surface area contributed by atoms with Gasteiger partial charge in [0.25, 0.3) is 0 Å². The van der Waals surface area contributed by atoms with Crippen LogP contribution in [0.4, 0.5) is 0 Å². The minimum atomic E-state index is 0.170. The lowest BCUT2D eigenvalue weighted by Crippen LogP contribution is -2.47. The van der Waals surface area contributed by atoms with Crippen LogP contribution in [0, 0.1) is 5.92 Å². The van der Waals surface area contributed by atoms with Crippen LogP contribution in [0.25, 0.3) is 0 Å². The molecule has 3 rings (SSSR count). The highest BCUT2D eigenvalue weighted by molar-refractivity contribution is 7.09. The van der Waals surface area contributed by atoms with E-state index < -0.39 is 0 Å². The van der Waals surface area contributed by atoms with Gasteiger partial charge in [-0.15, -0.1) is 11.3 Å². The zero-order chi connectivity index (χ0) is 16.3. The maximum Gasteiger partial charge on any atom is 0.115 e. The van der Waals surface area contributed by atoms with Gasteiger partial charge in [0, 0.05) is 11.4 Å². The second-order valence-corrected chi connectivity index (χ2v) is 8.13. The second kappa shape index (κ2) is 7.06. The molecule has 1 N–H and O–H groups in total. The number of hydrogen-bond acceptors (Lipinski definition) is 3. The first-order chi connectivity index (χ1) is 11.1. The number of phenols is 1. The fourth-order valence-electron chi connectivity index (χ4n) is 3.74. The van der Waals surface area contributed by atoms with Crippen LogP contribution in [-0.4, -0.2) is 29.6 Å². The van der Waals surface area contributed by atoms with E-state index in [4.69, 9.17) is 0 Å². The molecule has 0 unspecified atom stereocenters. The van der Waals surface area contributed by atoms with Crippen molar-refractivity contribution in [3.8, 4) is 5.75 Å². The van der Waals surface area contributed by atoms with Crippen molar-refractivity contribution in [1.82, 2.24) is 4.90 Å². The van der Waals surface area contributed by atoms with Gasteiger partial charge in [-0.3, -0.25) is 0 Å². The third kappa shape index (κ3) is 3.78. The normalized spacial score (nSPS) is 25.6. The fourth-order valence-corrected chi connectivity index (χ4v) is 4.49. The quantitative estimate of drug-likeness (QED) is 0.860. The number of phenolic OH excluding ortho intramolecular Hbond substituents is 1. The fraction of sp³-hybridized carbons (Fsp3) is 0.500. The van der Waals surface area contributed by atoms with Crippen LogP contribution in [0.1, 0.15) is 37.1 Å². The number of aromatic hydroxyl groups is 1. The summed E-state index contributed by atoms with van der Waals surface area (Å²) in [5.41, 5.74) is 1.45. The molecule has 1 saturated heterocycles. The molecule has 2 heterocycles. The minimum absolute atomic E-state index is 0.170. The third-order valence-corrected chi connectivity index (χ3v) is 6.49. The highest BCUT2D eigenvalue weighted by atomic mass is 32.1. The molecule has 0 amide bonds. The lowest BCUT2D eigenvalue weighted by Gasteiger charge is -2.45. The van der Waals surface area contributed by atoms with E-state index in [1.165, 1.54) is 29.8 Å². The van der Waals surface area contributed by atoms with E-state index in [-0.39, 0.29) is 5.41 Å². The van der Waals surface area contributed by atoms with E-state index in [1.807, 2.05) is 23.5 Å². The molecule has 0 bridgehead atoms. The van der Waals surface area contributed by atoms with Crippen molar-refractivity contribution in [3.63, 3.8) is 0 Å². The lowest BCUT2D eigenvalue weighted by molar-refractivity contribution is 0.110. The Labute approximate surface area is 143 Å². The Balaban J connectivity index is 1.56. The van der Waals surface area contributed by atoms with E-state index in [0.29, 0.717) is 11.7 Å². The predicted molar refractivity (Wildman–Crippen MR) is 98.3 cm³/mol. The van der Waals surface area contributed by atoms with Crippen molar-refractivity contribution in [2.75, 3.05) is 19.6 Å². The van der Waals surface area contributed by atoms with Crippen LogP contribution < -0.4 is 0 Å². The van der Waals surface area contributed by atoms with Gasteiger partial charge in [-0.05, 0) is 72.8 Å². The molecule has 3 heteroatoms. The molecule has 1 aromatic heterocycles. The molecule has 124 valence electrons. The summed E-state index contributed by atoms with van der Waals surface area (Å²) in [5.74, 6) is 0.981. The third-order valence-electron chi connectivity index (χ3n) is 5.55. The number of hydrogen-bond donors (Lipinski definition) is 1. The lowest BCUT2D eigenvalue weighted by atomic mass is 9.68. The van der Waals surface area contributed by atoms with Crippen LogP contribution in [0.5, 0.6) is 5.75 Å². The minimum Gasteiger partial charge on any atom is -0.508 e. The van der Waals surface area contributed by atoms with Crippen LogP contribution in [-0.2, 0) is 11.8 Å². The number of benzene rings is 1. The van der Waals surface area contributed by atoms with Gasteiger partial charge >= 0.3 is 0 Å². The zero-order valence-electron chi connectivity index (χ0n) is 14.2. The Kier molecular flexibility index (Phi) is 5.08. The first kappa shape index (κ1) is 16.5. The number of nitrogens with zero attached hydrogens (tertiary/aromatic N) is 1.